The Morgan fingerprint density at radius 1 is 0.833 bits per heavy atom. The zero-order valence-electron chi connectivity index (χ0n) is 21.1. The lowest BCUT2D eigenvalue weighted by Gasteiger charge is -2.35. The Kier molecular flexibility index (Phi) is 7.64. The minimum Gasteiger partial charge on any atom is -0.332 e. The molecule has 1 heterocycles. The average Bonchev–Trinajstić information content (AvgIpc) is 3.26. The first-order valence-corrected chi connectivity index (χ1v) is 14.2. The molecule has 4 aromatic rings. The third-order valence-electron chi connectivity index (χ3n) is 6.05. The quantitative estimate of drug-likeness (QED) is 0.277. The van der Waals surface area contributed by atoms with E-state index >= 15 is 0 Å². The maximum Gasteiger partial charge on any atom is 0.244 e. The van der Waals surface area contributed by atoms with Gasteiger partial charge in [0.25, 0.3) is 0 Å². The van der Waals surface area contributed by atoms with Crippen molar-refractivity contribution in [2.24, 2.45) is 0 Å². The largest absolute Gasteiger partial charge is 0.332 e. The van der Waals surface area contributed by atoms with Crippen molar-refractivity contribution < 1.29 is 13.2 Å². The molecule has 5 nitrogen and oxygen atoms in total. The van der Waals surface area contributed by atoms with Gasteiger partial charge >= 0.3 is 0 Å². The van der Waals surface area contributed by atoms with Crippen LogP contribution in [0.2, 0.25) is 0 Å². The summed E-state index contributed by atoms with van der Waals surface area (Å²) in [5, 5.41) is 1.81. The summed E-state index contributed by atoms with van der Waals surface area (Å²) in [6.45, 7) is 8.10. The monoisotopic (exact) mass is 520 g/mol. The molecule has 1 amide bonds. The average molecular weight is 521 g/mol. The molecule has 0 atom stereocenters. The van der Waals surface area contributed by atoms with Gasteiger partial charge in [-0.15, -0.1) is 11.3 Å². The molecule has 1 aromatic heterocycles. The summed E-state index contributed by atoms with van der Waals surface area (Å²) in [5.41, 5.74) is 0.205. The van der Waals surface area contributed by atoms with Gasteiger partial charge in [-0.05, 0) is 68.3 Å². The third-order valence-corrected chi connectivity index (χ3v) is 9.14. The fraction of sp³-hybridized carbons (Fsp3) is 0.276. The molecule has 0 spiro atoms. The van der Waals surface area contributed by atoms with E-state index < -0.39 is 15.6 Å². The molecule has 0 fully saturated rings. The predicted octanol–water partition coefficient (Wildman–Crippen LogP) is 6.23. The molecule has 4 rings (SSSR count). The topological polar surface area (TPSA) is 57.7 Å². The number of fused-ring (bicyclic) bond motifs is 1. The van der Waals surface area contributed by atoms with Crippen LogP contribution in [-0.4, -0.2) is 35.6 Å². The van der Waals surface area contributed by atoms with E-state index in [1.165, 1.54) is 9.18 Å². The number of hydrogen-bond acceptors (Lipinski definition) is 4. The van der Waals surface area contributed by atoms with Crippen LogP contribution in [0.5, 0.6) is 0 Å². The maximum atomic E-state index is 13.9. The highest BCUT2D eigenvalue weighted by Crippen LogP contribution is 2.28. The lowest BCUT2D eigenvalue weighted by molar-refractivity contribution is -0.133. The van der Waals surface area contributed by atoms with Crippen LogP contribution >= 0.6 is 11.3 Å². The van der Waals surface area contributed by atoms with Crippen LogP contribution in [0.3, 0.4) is 0 Å². The standard InChI is InChI=1S/C29H32N2O3S2/c1-22-14-16-26(35-22)20-30(19-23-10-6-5-7-11-23)28(32)21-31(29(2,3)4)36(33,34)27-17-15-24-12-8-9-13-25(24)18-27/h5-18H,19-21H2,1-4H3. The van der Waals surface area contributed by atoms with Crippen LogP contribution in [0, 0.1) is 6.92 Å². The number of carbonyl (C=O) groups is 1. The second kappa shape index (κ2) is 10.5. The van der Waals surface area contributed by atoms with E-state index in [0.29, 0.717) is 13.1 Å². The van der Waals surface area contributed by atoms with Crippen molar-refractivity contribution in [1.82, 2.24) is 9.21 Å². The first kappa shape index (κ1) is 26.1. The molecular weight excluding hydrogens is 488 g/mol. The number of amides is 1. The number of nitrogens with zero attached hydrogens (tertiary/aromatic N) is 2. The van der Waals surface area contributed by atoms with Crippen molar-refractivity contribution in [1.29, 1.82) is 0 Å². The summed E-state index contributed by atoms with van der Waals surface area (Å²) in [7, 11) is -3.93. The minimum atomic E-state index is -3.93. The molecule has 0 aliphatic rings. The van der Waals surface area contributed by atoms with E-state index in [9.17, 15) is 13.2 Å². The number of sulfonamides is 1. The summed E-state index contributed by atoms with van der Waals surface area (Å²) in [6, 6.07) is 26.6. The summed E-state index contributed by atoms with van der Waals surface area (Å²) in [4.78, 5) is 17.9. The normalized spacial score (nSPS) is 12.2. The molecule has 0 radical (unpaired) electrons. The zero-order valence-corrected chi connectivity index (χ0v) is 22.8. The number of benzene rings is 3. The number of carbonyl (C=O) groups excluding carboxylic acids is 1. The molecular formula is C29H32N2O3S2. The molecule has 0 aliphatic heterocycles. The van der Waals surface area contributed by atoms with E-state index in [0.717, 1.165) is 21.2 Å². The Bertz CT molecular complexity index is 1450. The highest BCUT2D eigenvalue weighted by atomic mass is 32.2. The van der Waals surface area contributed by atoms with Crippen molar-refractivity contribution in [3.8, 4) is 0 Å². The summed E-state index contributed by atoms with van der Waals surface area (Å²) in [5.74, 6) is -0.232. The number of thiophene rings is 1. The molecule has 0 N–H and O–H groups in total. The zero-order chi connectivity index (χ0) is 25.9. The molecule has 0 aliphatic carbocycles. The fourth-order valence-electron chi connectivity index (χ4n) is 4.15. The molecule has 188 valence electrons. The van der Waals surface area contributed by atoms with Gasteiger partial charge < -0.3 is 4.90 Å². The van der Waals surface area contributed by atoms with Crippen molar-refractivity contribution in [3.05, 3.63) is 100 Å². The van der Waals surface area contributed by atoms with Crippen LogP contribution in [0.15, 0.2) is 89.8 Å². The SMILES string of the molecule is Cc1ccc(CN(Cc2ccccc2)C(=O)CN(C(C)(C)C)S(=O)(=O)c2ccc3ccccc3c2)s1. The van der Waals surface area contributed by atoms with E-state index in [4.69, 9.17) is 0 Å². The van der Waals surface area contributed by atoms with Gasteiger partial charge in [-0.25, -0.2) is 8.42 Å². The van der Waals surface area contributed by atoms with E-state index in [1.54, 1.807) is 28.4 Å². The number of aryl methyl sites for hydroxylation is 1. The van der Waals surface area contributed by atoms with Gasteiger partial charge in [0.1, 0.15) is 0 Å². The Hall–Kier alpha value is -3.00. The summed E-state index contributed by atoms with van der Waals surface area (Å²) in [6.07, 6.45) is 0. The summed E-state index contributed by atoms with van der Waals surface area (Å²) < 4.78 is 29.0. The van der Waals surface area contributed by atoms with Crippen LogP contribution in [0.1, 0.15) is 36.1 Å². The van der Waals surface area contributed by atoms with E-state index in [1.807, 2.05) is 100 Å². The first-order chi connectivity index (χ1) is 17.0. The van der Waals surface area contributed by atoms with Crippen molar-refractivity contribution >= 4 is 38.0 Å². The van der Waals surface area contributed by atoms with Gasteiger partial charge in [0, 0.05) is 21.8 Å². The maximum absolute atomic E-state index is 13.9. The lowest BCUT2D eigenvalue weighted by atomic mass is 10.1. The lowest BCUT2D eigenvalue weighted by Crippen LogP contribution is -2.50. The highest BCUT2D eigenvalue weighted by Gasteiger charge is 2.36. The predicted molar refractivity (Wildman–Crippen MR) is 147 cm³/mol. The minimum absolute atomic E-state index is 0.187. The van der Waals surface area contributed by atoms with Crippen molar-refractivity contribution in [3.63, 3.8) is 0 Å². The number of hydrogen-bond donors (Lipinski definition) is 0. The third kappa shape index (κ3) is 6.03. The smallest absolute Gasteiger partial charge is 0.244 e. The van der Waals surface area contributed by atoms with Crippen molar-refractivity contribution in [2.75, 3.05) is 6.54 Å². The Labute approximate surface area is 218 Å². The van der Waals surface area contributed by atoms with Gasteiger partial charge in [-0.3, -0.25) is 4.79 Å². The molecule has 0 saturated heterocycles. The molecule has 7 heteroatoms. The fourth-order valence-corrected chi connectivity index (χ4v) is 6.83. The first-order valence-electron chi connectivity index (χ1n) is 11.9. The summed E-state index contributed by atoms with van der Waals surface area (Å²) >= 11 is 1.65. The van der Waals surface area contributed by atoms with Crippen molar-refractivity contribution in [2.45, 2.75) is 51.2 Å². The Morgan fingerprint density at radius 2 is 1.50 bits per heavy atom. The number of rotatable bonds is 8. The van der Waals surface area contributed by atoms with Gasteiger partial charge in [-0.1, -0.05) is 60.7 Å². The van der Waals surface area contributed by atoms with E-state index in [2.05, 4.69) is 0 Å². The van der Waals surface area contributed by atoms with Crippen LogP contribution in [0.25, 0.3) is 10.8 Å². The highest BCUT2D eigenvalue weighted by molar-refractivity contribution is 7.89. The molecule has 0 bridgehead atoms. The second-order valence-corrected chi connectivity index (χ2v) is 13.2. The molecule has 0 saturated carbocycles. The second-order valence-electron chi connectivity index (χ2n) is 9.94. The van der Waals surface area contributed by atoms with Crippen LogP contribution in [-0.2, 0) is 27.9 Å². The van der Waals surface area contributed by atoms with Gasteiger partial charge in [0.2, 0.25) is 15.9 Å². The Morgan fingerprint density at radius 3 is 2.14 bits per heavy atom. The van der Waals surface area contributed by atoms with Crippen LogP contribution in [0.4, 0.5) is 0 Å². The Balaban J connectivity index is 1.65. The van der Waals surface area contributed by atoms with E-state index in [-0.39, 0.29) is 17.3 Å². The molecule has 3 aromatic carbocycles. The van der Waals surface area contributed by atoms with Gasteiger partial charge in [-0.2, -0.15) is 4.31 Å². The van der Waals surface area contributed by atoms with Crippen LogP contribution < -0.4 is 0 Å². The van der Waals surface area contributed by atoms with Gasteiger partial charge in [0.05, 0.1) is 18.0 Å². The van der Waals surface area contributed by atoms with Gasteiger partial charge in [0.15, 0.2) is 0 Å². The molecule has 36 heavy (non-hydrogen) atoms. The molecule has 0 unspecified atom stereocenters.